The Labute approximate surface area is 137 Å². The molecule has 5 nitrogen and oxygen atoms in total. The minimum absolute atomic E-state index is 0.167. The predicted molar refractivity (Wildman–Crippen MR) is 86.7 cm³/mol. The van der Waals surface area contributed by atoms with Crippen molar-refractivity contribution in [1.29, 1.82) is 0 Å². The molecule has 1 amide bonds. The Morgan fingerprint density at radius 3 is 2.74 bits per heavy atom. The Hall–Kier alpha value is -1.46. The van der Waals surface area contributed by atoms with Crippen molar-refractivity contribution >= 4 is 5.91 Å². The molecule has 0 aromatic carbocycles. The van der Waals surface area contributed by atoms with Crippen molar-refractivity contribution in [2.75, 3.05) is 26.3 Å². The number of ether oxygens (including phenoxy) is 1. The largest absolute Gasteiger partial charge is 0.381 e. The van der Waals surface area contributed by atoms with E-state index in [1.807, 2.05) is 24.4 Å². The van der Waals surface area contributed by atoms with Crippen LogP contribution < -0.4 is 0 Å². The highest BCUT2D eigenvalue weighted by molar-refractivity contribution is 5.80. The van der Waals surface area contributed by atoms with Gasteiger partial charge in [-0.1, -0.05) is 6.07 Å². The van der Waals surface area contributed by atoms with E-state index >= 15 is 0 Å². The number of aromatic nitrogens is 1. The third-order valence-corrected chi connectivity index (χ3v) is 5.59. The lowest BCUT2D eigenvalue weighted by molar-refractivity contribution is -0.140. The van der Waals surface area contributed by atoms with Crippen LogP contribution in [0.5, 0.6) is 0 Å². The fraction of sp³-hybridized carbons (Fsp3) is 0.667. The molecular weight excluding hydrogens is 290 g/mol. The SMILES string of the molecule is O=C1[C@@H]2CC[C@@H](CN(C3CCOCC3)C2)N1Cc1ccccn1. The second kappa shape index (κ2) is 6.57. The highest BCUT2D eigenvalue weighted by atomic mass is 16.5. The van der Waals surface area contributed by atoms with Crippen molar-refractivity contribution in [2.45, 2.75) is 44.3 Å². The Kier molecular flexibility index (Phi) is 4.31. The highest BCUT2D eigenvalue weighted by Crippen LogP contribution is 2.32. The second-order valence-corrected chi connectivity index (χ2v) is 7.01. The minimum atomic E-state index is 0.167. The number of carbonyl (C=O) groups excluding carboxylic acids is 1. The van der Waals surface area contributed by atoms with Crippen LogP contribution in [0.1, 0.15) is 31.4 Å². The van der Waals surface area contributed by atoms with E-state index in [1.165, 1.54) is 0 Å². The fourth-order valence-corrected chi connectivity index (χ4v) is 4.30. The standard InChI is InChI=1S/C18H25N3O2/c22-18-14-4-5-17(21(18)12-15-3-1-2-8-19-15)13-20(11-14)16-6-9-23-10-7-16/h1-3,8,14,16-17H,4-7,9-13H2/t14-,17+/m1/s1. The quantitative estimate of drug-likeness (QED) is 0.851. The van der Waals surface area contributed by atoms with E-state index in [4.69, 9.17) is 4.74 Å². The third kappa shape index (κ3) is 3.12. The molecule has 5 rings (SSSR count). The highest BCUT2D eigenvalue weighted by Gasteiger charge is 2.42. The number of fused-ring (bicyclic) bond motifs is 4. The van der Waals surface area contributed by atoms with Gasteiger partial charge in [0.1, 0.15) is 0 Å². The van der Waals surface area contributed by atoms with Gasteiger partial charge in [-0.25, -0.2) is 0 Å². The van der Waals surface area contributed by atoms with Crippen LogP contribution in [0.15, 0.2) is 24.4 Å². The van der Waals surface area contributed by atoms with Crippen molar-refractivity contribution in [3.8, 4) is 0 Å². The van der Waals surface area contributed by atoms with E-state index in [1.54, 1.807) is 0 Å². The van der Waals surface area contributed by atoms with Crippen molar-refractivity contribution in [3.63, 3.8) is 0 Å². The van der Waals surface area contributed by atoms with E-state index in [0.29, 0.717) is 24.5 Å². The monoisotopic (exact) mass is 315 g/mol. The van der Waals surface area contributed by atoms with Crippen molar-refractivity contribution in [1.82, 2.24) is 14.8 Å². The van der Waals surface area contributed by atoms with Gasteiger partial charge in [-0.05, 0) is 37.8 Å². The minimum Gasteiger partial charge on any atom is -0.381 e. The Balaban J connectivity index is 1.50. The molecular formula is C18H25N3O2. The van der Waals surface area contributed by atoms with E-state index < -0.39 is 0 Å². The van der Waals surface area contributed by atoms with Crippen LogP contribution in [0.4, 0.5) is 0 Å². The van der Waals surface area contributed by atoms with Gasteiger partial charge in [0, 0.05) is 44.6 Å². The number of nitrogens with zero attached hydrogens (tertiary/aromatic N) is 3. The first-order valence-corrected chi connectivity index (χ1v) is 8.83. The average molecular weight is 315 g/mol. The molecule has 0 aliphatic carbocycles. The molecule has 4 fully saturated rings. The molecule has 5 heterocycles. The number of hydrogen-bond donors (Lipinski definition) is 0. The van der Waals surface area contributed by atoms with E-state index in [9.17, 15) is 4.79 Å². The molecule has 2 atom stereocenters. The summed E-state index contributed by atoms with van der Waals surface area (Å²) >= 11 is 0. The predicted octanol–water partition coefficient (Wildman–Crippen LogP) is 1.68. The molecule has 0 radical (unpaired) electrons. The van der Waals surface area contributed by atoms with Crippen molar-refractivity contribution < 1.29 is 9.53 Å². The first kappa shape index (κ1) is 15.1. The molecule has 0 spiro atoms. The number of pyridine rings is 1. The van der Waals surface area contributed by atoms with Gasteiger partial charge in [-0.2, -0.15) is 0 Å². The van der Waals surface area contributed by atoms with Gasteiger partial charge >= 0.3 is 0 Å². The Morgan fingerprint density at radius 2 is 1.96 bits per heavy atom. The van der Waals surface area contributed by atoms with Gasteiger partial charge in [0.05, 0.1) is 18.2 Å². The van der Waals surface area contributed by atoms with Gasteiger partial charge < -0.3 is 9.64 Å². The summed E-state index contributed by atoms with van der Waals surface area (Å²) in [6.07, 6.45) is 6.19. The molecule has 2 bridgehead atoms. The maximum atomic E-state index is 12.9. The van der Waals surface area contributed by atoms with Gasteiger partial charge in [0.25, 0.3) is 0 Å². The number of amides is 1. The zero-order valence-corrected chi connectivity index (χ0v) is 13.6. The number of carbonyl (C=O) groups is 1. The summed E-state index contributed by atoms with van der Waals surface area (Å²) in [5, 5.41) is 0. The second-order valence-electron chi connectivity index (χ2n) is 7.01. The summed E-state index contributed by atoms with van der Waals surface area (Å²) in [5.74, 6) is 0.502. The van der Waals surface area contributed by atoms with Crippen LogP contribution in [0.3, 0.4) is 0 Å². The molecule has 0 unspecified atom stereocenters. The van der Waals surface area contributed by atoms with E-state index in [0.717, 1.165) is 57.7 Å². The molecule has 5 heteroatoms. The lowest BCUT2D eigenvalue weighted by Gasteiger charge is -2.37. The summed E-state index contributed by atoms with van der Waals surface area (Å²) in [7, 11) is 0. The van der Waals surface area contributed by atoms with Crippen molar-refractivity contribution in [3.05, 3.63) is 30.1 Å². The zero-order valence-electron chi connectivity index (χ0n) is 13.6. The van der Waals surface area contributed by atoms with E-state index in [-0.39, 0.29) is 5.92 Å². The van der Waals surface area contributed by atoms with Crippen LogP contribution in [-0.2, 0) is 16.1 Å². The van der Waals surface area contributed by atoms with E-state index in [2.05, 4.69) is 14.8 Å². The van der Waals surface area contributed by atoms with Gasteiger partial charge in [-0.15, -0.1) is 0 Å². The fourth-order valence-electron chi connectivity index (χ4n) is 4.30. The lowest BCUT2D eigenvalue weighted by atomic mass is 9.94. The summed E-state index contributed by atoms with van der Waals surface area (Å²) < 4.78 is 5.50. The molecule has 4 aliphatic heterocycles. The molecule has 4 aliphatic rings. The number of hydrogen-bond acceptors (Lipinski definition) is 4. The molecule has 0 saturated carbocycles. The molecule has 1 aromatic rings. The van der Waals surface area contributed by atoms with Crippen LogP contribution in [0.2, 0.25) is 0 Å². The average Bonchev–Trinajstić information content (AvgIpc) is 2.90. The van der Waals surface area contributed by atoms with Crippen LogP contribution in [0.25, 0.3) is 0 Å². The summed E-state index contributed by atoms with van der Waals surface area (Å²) in [6.45, 7) is 4.32. The normalized spacial score (nSPS) is 29.7. The lowest BCUT2D eigenvalue weighted by Crippen LogP contribution is -2.48. The third-order valence-electron chi connectivity index (χ3n) is 5.59. The molecule has 124 valence electrons. The van der Waals surface area contributed by atoms with Crippen LogP contribution >= 0.6 is 0 Å². The van der Waals surface area contributed by atoms with Gasteiger partial charge in [0.2, 0.25) is 5.91 Å². The zero-order chi connectivity index (χ0) is 15.6. The Bertz CT molecular complexity index is 544. The van der Waals surface area contributed by atoms with Gasteiger partial charge in [0.15, 0.2) is 0 Å². The molecule has 0 N–H and O–H groups in total. The summed E-state index contributed by atoms with van der Waals surface area (Å²) in [5.41, 5.74) is 0.992. The maximum Gasteiger partial charge on any atom is 0.227 e. The molecule has 23 heavy (non-hydrogen) atoms. The van der Waals surface area contributed by atoms with Gasteiger partial charge in [-0.3, -0.25) is 14.7 Å². The molecule has 1 aromatic heterocycles. The van der Waals surface area contributed by atoms with Crippen LogP contribution in [0, 0.1) is 5.92 Å². The number of piperidine rings is 1. The topological polar surface area (TPSA) is 45.7 Å². The van der Waals surface area contributed by atoms with Crippen molar-refractivity contribution in [2.24, 2.45) is 5.92 Å². The number of rotatable bonds is 3. The first-order valence-electron chi connectivity index (χ1n) is 8.83. The smallest absolute Gasteiger partial charge is 0.227 e. The van der Waals surface area contributed by atoms with Crippen LogP contribution in [-0.4, -0.2) is 59.1 Å². The Morgan fingerprint density at radius 1 is 1.09 bits per heavy atom. The summed E-state index contributed by atoms with van der Waals surface area (Å²) in [6, 6.07) is 6.87. The molecule has 4 saturated heterocycles. The maximum absolute atomic E-state index is 12.9. The first-order chi connectivity index (χ1) is 11.3. The summed E-state index contributed by atoms with van der Waals surface area (Å²) in [4.78, 5) is 22.0.